The van der Waals surface area contributed by atoms with Gasteiger partial charge in [0.05, 0.1) is 11.7 Å². The van der Waals surface area contributed by atoms with E-state index in [0.717, 1.165) is 5.56 Å². The van der Waals surface area contributed by atoms with Crippen LogP contribution in [0.2, 0.25) is 0 Å². The zero-order valence-corrected chi connectivity index (χ0v) is 9.54. The fraction of sp³-hybridized carbons (Fsp3) is 0.250. The fourth-order valence-corrected chi connectivity index (χ4v) is 1.41. The Kier molecular flexibility index (Phi) is 3.06. The van der Waals surface area contributed by atoms with Crippen LogP contribution < -0.4 is 4.74 Å². The van der Waals surface area contributed by atoms with Crippen molar-refractivity contribution in [3.8, 4) is 23.2 Å². The molecule has 2 aromatic rings. The molecule has 0 spiro atoms. The summed E-state index contributed by atoms with van der Waals surface area (Å²) in [5, 5.41) is 12.8. The highest BCUT2D eigenvalue weighted by Crippen LogP contribution is 2.24. The Labute approximate surface area is 98.6 Å². The predicted molar refractivity (Wildman–Crippen MR) is 60.2 cm³/mol. The van der Waals surface area contributed by atoms with Crippen LogP contribution in [-0.4, -0.2) is 16.2 Å². The van der Waals surface area contributed by atoms with Crippen molar-refractivity contribution >= 4 is 0 Å². The van der Waals surface area contributed by atoms with Gasteiger partial charge in [0.15, 0.2) is 0 Å². The van der Waals surface area contributed by atoms with Crippen molar-refractivity contribution < 1.29 is 9.26 Å². The second kappa shape index (κ2) is 4.66. The average Bonchev–Trinajstić information content (AvgIpc) is 2.82. The maximum atomic E-state index is 9.06. The number of hydrogen-bond donors (Lipinski definition) is 0. The molecule has 17 heavy (non-hydrogen) atoms. The van der Waals surface area contributed by atoms with Crippen molar-refractivity contribution in [2.75, 3.05) is 0 Å². The molecule has 0 saturated heterocycles. The number of hydrogen-bond acceptors (Lipinski definition) is 5. The molecule has 1 aromatic carbocycles. The summed E-state index contributed by atoms with van der Waals surface area (Å²) in [7, 11) is 0. The second-order valence-electron chi connectivity index (χ2n) is 3.74. The van der Waals surface area contributed by atoms with Crippen LogP contribution in [-0.2, 0) is 0 Å². The van der Waals surface area contributed by atoms with E-state index in [1.165, 1.54) is 6.39 Å². The summed E-state index contributed by atoms with van der Waals surface area (Å²) in [4.78, 5) is 3.92. The zero-order valence-electron chi connectivity index (χ0n) is 9.54. The normalized spacial score (nSPS) is 10.2. The van der Waals surface area contributed by atoms with Gasteiger partial charge < -0.3 is 9.26 Å². The number of rotatable bonds is 3. The van der Waals surface area contributed by atoms with Crippen LogP contribution in [0.1, 0.15) is 19.4 Å². The summed E-state index contributed by atoms with van der Waals surface area (Å²) in [6.45, 7) is 3.82. The summed E-state index contributed by atoms with van der Waals surface area (Å²) in [5.74, 6) is 1.02. The smallest absolute Gasteiger partial charge is 0.214 e. The van der Waals surface area contributed by atoms with Gasteiger partial charge in [0, 0.05) is 5.56 Å². The molecule has 0 bridgehead atoms. The van der Waals surface area contributed by atoms with Gasteiger partial charge in [-0.2, -0.15) is 10.2 Å². The lowest BCUT2D eigenvalue weighted by Crippen LogP contribution is -2.06. The van der Waals surface area contributed by atoms with Crippen molar-refractivity contribution in [2.45, 2.75) is 20.0 Å². The van der Waals surface area contributed by atoms with Gasteiger partial charge in [-0.05, 0) is 32.0 Å². The van der Waals surface area contributed by atoms with Gasteiger partial charge in [-0.15, -0.1) is 0 Å². The second-order valence-corrected chi connectivity index (χ2v) is 3.74. The average molecular weight is 229 g/mol. The number of nitriles is 1. The number of nitrogens with zero attached hydrogens (tertiary/aromatic N) is 3. The Morgan fingerprint density at radius 3 is 2.82 bits per heavy atom. The molecule has 0 saturated carbocycles. The first-order valence-corrected chi connectivity index (χ1v) is 5.18. The highest BCUT2D eigenvalue weighted by Gasteiger charge is 2.09. The van der Waals surface area contributed by atoms with Crippen molar-refractivity contribution in [2.24, 2.45) is 0 Å². The van der Waals surface area contributed by atoms with Crippen molar-refractivity contribution in [1.29, 1.82) is 5.26 Å². The lowest BCUT2D eigenvalue weighted by atomic mass is 10.1. The standard InChI is InChI=1S/C12H11N3O2/c1-8(2)17-11-4-3-9(5-10(11)6-13)12-14-7-16-15-12/h3-5,7-8H,1-2H3. The molecule has 2 rings (SSSR count). The van der Waals surface area contributed by atoms with Gasteiger partial charge in [-0.1, -0.05) is 5.16 Å². The zero-order chi connectivity index (χ0) is 12.3. The molecular weight excluding hydrogens is 218 g/mol. The van der Waals surface area contributed by atoms with Gasteiger partial charge in [-0.3, -0.25) is 0 Å². The Bertz CT molecular complexity index is 541. The maximum absolute atomic E-state index is 9.06. The molecule has 1 aromatic heterocycles. The van der Waals surface area contributed by atoms with Gasteiger partial charge in [0.1, 0.15) is 11.8 Å². The van der Waals surface area contributed by atoms with Crippen LogP contribution in [0.3, 0.4) is 0 Å². The van der Waals surface area contributed by atoms with Crippen molar-refractivity contribution in [1.82, 2.24) is 10.1 Å². The molecule has 0 fully saturated rings. The van der Waals surface area contributed by atoms with E-state index in [2.05, 4.69) is 20.7 Å². The first kappa shape index (κ1) is 11.1. The molecule has 0 unspecified atom stereocenters. The van der Waals surface area contributed by atoms with Crippen LogP contribution in [0.15, 0.2) is 29.1 Å². The van der Waals surface area contributed by atoms with E-state index in [4.69, 9.17) is 10.00 Å². The van der Waals surface area contributed by atoms with Gasteiger partial charge >= 0.3 is 0 Å². The topological polar surface area (TPSA) is 71.9 Å². The quantitative estimate of drug-likeness (QED) is 0.808. The summed E-state index contributed by atoms with van der Waals surface area (Å²) in [5.41, 5.74) is 1.19. The molecule has 0 aliphatic rings. The summed E-state index contributed by atoms with van der Waals surface area (Å²) in [6, 6.07) is 7.31. The minimum absolute atomic E-state index is 0.0260. The van der Waals surface area contributed by atoms with E-state index in [1.54, 1.807) is 18.2 Å². The third-order valence-electron chi connectivity index (χ3n) is 2.08. The van der Waals surface area contributed by atoms with Crippen LogP contribution in [0.25, 0.3) is 11.4 Å². The van der Waals surface area contributed by atoms with Crippen molar-refractivity contribution in [3.63, 3.8) is 0 Å². The third kappa shape index (κ3) is 2.42. The molecule has 5 nitrogen and oxygen atoms in total. The monoisotopic (exact) mass is 229 g/mol. The SMILES string of the molecule is CC(C)Oc1ccc(-c2ncon2)cc1C#N. The van der Waals surface area contributed by atoms with E-state index in [1.807, 2.05) is 13.8 Å². The highest BCUT2D eigenvalue weighted by molar-refractivity contribution is 5.60. The first-order valence-electron chi connectivity index (χ1n) is 5.18. The van der Waals surface area contributed by atoms with E-state index in [0.29, 0.717) is 17.1 Å². The molecule has 0 aliphatic heterocycles. The molecule has 0 N–H and O–H groups in total. The molecule has 0 radical (unpaired) electrons. The number of aromatic nitrogens is 2. The molecule has 1 heterocycles. The van der Waals surface area contributed by atoms with E-state index >= 15 is 0 Å². The number of benzene rings is 1. The van der Waals surface area contributed by atoms with Crippen LogP contribution in [0.5, 0.6) is 5.75 Å². The van der Waals surface area contributed by atoms with E-state index < -0.39 is 0 Å². The minimum Gasteiger partial charge on any atom is -0.490 e. The Balaban J connectivity index is 2.39. The minimum atomic E-state index is 0.0260. The number of ether oxygens (including phenoxy) is 1. The lowest BCUT2D eigenvalue weighted by molar-refractivity contribution is 0.242. The Morgan fingerprint density at radius 2 is 2.24 bits per heavy atom. The highest BCUT2D eigenvalue weighted by atomic mass is 16.5. The molecule has 0 atom stereocenters. The molecule has 0 aliphatic carbocycles. The van der Waals surface area contributed by atoms with E-state index in [-0.39, 0.29) is 6.10 Å². The fourth-order valence-electron chi connectivity index (χ4n) is 1.41. The molecule has 5 heteroatoms. The summed E-state index contributed by atoms with van der Waals surface area (Å²) >= 11 is 0. The summed E-state index contributed by atoms with van der Waals surface area (Å²) < 4.78 is 10.2. The molecule has 0 amide bonds. The largest absolute Gasteiger partial charge is 0.490 e. The first-order chi connectivity index (χ1) is 8.20. The molecule has 86 valence electrons. The van der Waals surface area contributed by atoms with Crippen LogP contribution in [0, 0.1) is 11.3 Å². The Morgan fingerprint density at radius 1 is 1.41 bits per heavy atom. The van der Waals surface area contributed by atoms with Crippen LogP contribution in [0.4, 0.5) is 0 Å². The summed E-state index contributed by atoms with van der Waals surface area (Å²) in [6.07, 6.45) is 1.28. The van der Waals surface area contributed by atoms with E-state index in [9.17, 15) is 0 Å². The van der Waals surface area contributed by atoms with Crippen molar-refractivity contribution in [3.05, 3.63) is 30.2 Å². The lowest BCUT2D eigenvalue weighted by Gasteiger charge is -2.11. The maximum Gasteiger partial charge on any atom is 0.214 e. The van der Waals surface area contributed by atoms with Crippen LogP contribution >= 0.6 is 0 Å². The predicted octanol–water partition coefficient (Wildman–Crippen LogP) is 2.40. The Hall–Kier alpha value is -2.35. The molecular formula is C12H11N3O2. The van der Waals surface area contributed by atoms with Gasteiger partial charge in [0.25, 0.3) is 0 Å². The third-order valence-corrected chi connectivity index (χ3v) is 2.08. The van der Waals surface area contributed by atoms with Gasteiger partial charge in [-0.25, -0.2) is 0 Å². The van der Waals surface area contributed by atoms with Gasteiger partial charge in [0.2, 0.25) is 12.2 Å².